The first-order chi connectivity index (χ1) is 29.3. The van der Waals surface area contributed by atoms with E-state index in [1.54, 1.807) is 0 Å². The van der Waals surface area contributed by atoms with Gasteiger partial charge in [-0.2, -0.15) is 0 Å². The van der Waals surface area contributed by atoms with Crippen LogP contribution in [0.3, 0.4) is 0 Å². The van der Waals surface area contributed by atoms with E-state index in [0.29, 0.717) is 17.5 Å². The Kier molecular flexibility index (Phi) is 8.45. The second kappa shape index (κ2) is 14.5. The minimum Gasteiger partial charge on any atom is -0.309 e. The minimum atomic E-state index is 0.615. The third-order valence-corrected chi connectivity index (χ3v) is 11.3. The summed E-state index contributed by atoms with van der Waals surface area (Å²) in [6, 6.07) is 77.0. The topological polar surface area (TPSA) is 43.6 Å². The van der Waals surface area contributed by atoms with Crippen LogP contribution >= 0.6 is 0 Å². The van der Waals surface area contributed by atoms with Crippen LogP contribution in [0, 0.1) is 0 Å². The molecule has 0 aliphatic rings. The highest BCUT2D eigenvalue weighted by Gasteiger charge is 2.22. The SMILES string of the molecule is c1ccc(-c2ccc(-c3cccc(-c4nc(-c5ccccc5)nc(-c5cc(-n6c7ccccc7c7ccccc76)c(-c6ccccc6)c6ccccc56)n4)c3)cc2)cc1. The fraction of sp³-hybridized carbons (Fsp3) is 0. The Labute approximate surface area is 342 Å². The normalized spacial score (nSPS) is 11.4. The number of para-hydroxylation sites is 2. The Morgan fingerprint density at radius 3 is 1.32 bits per heavy atom. The standard InChI is InChI=1S/C55H36N4/c1-4-17-37(18-5-1)38-31-33-39(34-32-38)42-23-16-24-43(35-42)54-56-53(41-21-8-3-9-22-41)57-55(58-54)48-36-51(52(40-19-6-2-7-20-40)47-28-11-10-25-44(47)48)59-49-29-14-12-26-45(49)46-27-13-15-30-50(46)59/h1-36H. The summed E-state index contributed by atoms with van der Waals surface area (Å²) in [4.78, 5) is 15.8. The maximum Gasteiger partial charge on any atom is 0.164 e. The van der Waals surface area contributed by atoms with Crippen molar-refractivity contribution >= 4 is 32.6 Å². The molecule has 0 aliphatic carbocycles. The predicted octanol–water partition coefficient (Wildman–Crippen LogP) is 14.1. The minimum absolute atomic E-state index is 0.615. The first-order valence-corrected chi connectivity index (χ1v) is 19.9. The Balaban J connectivity index is 1.15. The van der Waals surface area contributed by atoms with Crippen LogP contribution in [0.1, 0.15) is 0 Å². The van der Waals surface area contributed by atoms with E-state index in [0.717, 1.165) is 66.4 Å². The van der Waals surface area contributed by atoms with Crippen LogP contribution in [0.4, 0.5) is 0 Å². The molecule has 0 aliphatic heterocycles. The fourth-order valence-electron chi connectivity index (χ4n) is 8.48. The molecule has 2 heterocycles. The first-order valence-electron chi connectivity index (χ1n) is 19.9. The number of hydrogen-bond acceptors (Lipinski definition) is 3. The molecule has 59 heavy (non-hydrogen) atoms. The third kappa shape index (κ3) is 6.15. The predicted molar refractivity (Wildman–Crippen MR) is 244 cm³/mol. The number of benzene rings is 9. The van der Waals surface area contributed by atoms with Crippen molar-refractivity contribution in [2.75, 3.05) is 0 Å². The zero-order valence-electron chi connectivity index (χ0n) is 32.1. The lowest BCUT2D eigenvalue weighted by Gasteiger charge is -2.20. The number of fused-ring (bicyclic) bond motifs is 4. The van der Waals surface area contributed by atoms with Gasteiger partial charge in [-0.3, -0.25) is 0 Å². The number of hydrogen-bond donors (Lipinski definition) is 0. The third-order valence-electron chi connectivity index (χ3n) is 11.3. The van der Waals surface area contributed by atoms with E-state index >= 15 is 0 Å². The summed E-state index contributed by atoms with van der Waals surface area (Å²) >= 11 is 0. The van der Waals surface area contributed by atoms with E-state index < -0.39 is 0 Å². The molecule has 0 unspecified atom stereocenters. The Hall–Kier alpha value is -7.95. The van der Waals surface area contributed by atoms with Gasteiger partial charge in [-0.1, -0.05) is 194 Å². The van der Waals surface area contributed by atoms with E-state index in [2.05, 4.69) is 199 Å². The average Bonchev–Trinajstić information content (AvgIpc) is 3.66. The molecule has 0 amide bonds. The molecule has 0 saturated heterocycles. The first kappa shape index (κ1) is 34.3. The molecule has 2 aromatic heterocycles. The van der Waals surface area contributed by atoms with E-state index in [9.17, 15) is 0 Å². The van der Waals surface area contributed by atoms with Crippen molar-refractivity contribution in [3.8, 4) is 73.2 Å². The number of nitrogens with zero attached hydrogens (tertiary/aromatic N) is 4. The number of aromatic nitrogens is 4. The molecule has 0 atom stereocenters. The fourth-order valence-corrected chi connectivity index (χ4v) is 8.48. The monoisotopic (exact) mass is 752 g/mol. The highest BCUT2D eigenvalue weighted by atomic mass is 15.0. The molecule has 276 valence electrons. The molecular formula is C55H36N4. The maximum atomic E-state index is 5.36. The molecule has 4 nitrogen and oxygen atoms in total. The number of rotatable bonds is 7. The molecule has 9 aromatic carbocycles. The van der Waals surface area contributed by atoms with E-state index in [-0.39, 0.29) is 0 Å². The summed E-state index contributed by atoms with van der Waals surface area (Å²) < 4.78 is 2.41. The van der Waals surface area contributed by atoms with Crippen LogP contribution in [0.25, 0.3) is 106 Å². The van der Waals surface area contributed by atoms with Crippen molar-refractivity contribution in [3.63, 3.8) is 0 Å². The molecule has 0 saturated carbocycles. The zero-order valence-corrected chi connectivity index (χ0v) is 32.1. The van der Waals surface area contributed by atoms with Crippen molar-refractivity contribution in [3.05, 3.63) is 218 Å². The van der Waals surface area contributed by atoms with Gasteiger partial charge in [0.2, 0.25) is 0 Å². The van der Waals surface area contributed by atoms with Gasteiger partial charge in [-0.15, -0.1) is 0 Å². The van der Waals surface area contributed by atoms with Crippen molar-refractivity contribution in [1.82, 2.24) is 19.5 Å². The van der Waals surface area contributed by atoms with Crippen LogP contribution < -0.4 is 0 Å². The van der Waals surface area contributed by atoms with E-state index in [1.165, 1.54) is 21.9 Å². The molecule has 11 rings (SSSR count). The maximum absolute atomic E-state index is 5.36. The summed E-state index contributed by atoms with van der Waals surface area (Å²) in [5.41, 5.74) is 13.0. The largest absolute Gasteiger partial charge is 0.309 e. The molecule has 11 aromatic rings. The van der Waals surface area contributed by atoms with E-state index in [1.807, 2.05) is 24.3 Å². The molecule has 0 spiro atoms. The van der Waals surface area contributed by atoms with Gasteiger partial charge in [0, 0.05) is 33.0 Å². The summed E-state index contributed by atoms with van der Waals surface area (Å²) in [6.07, 6.45) is 0. The summed E-state index contributed by atoms with van der Waals surface area (Å²) in [6.45, 7) is 0. The van der Waals surface area contributed by atoms with Crippen LogP contribution in [0.15, 0.2) is 218 Å². The lowest BCUT2D eigenvalue weighted by Crippen LogP contribution is -2.03. The van der Waals surface area contributed by atoms with Gasteiger partial charge in [0.1, 0.15) is 0 Å². The van der Waals surface area contributed by atoms with Crippen LogP contribution in [0.2, 0.25) is 0 Å². The quantitative estimate of drug-likeness (QED) is 0.163. The van der Waals surface area contributed by atoms with Gasteiger partial charge in [0.25, 0.3) is 0 Å². The summed E-state index contributed by atoms with van der Waals surface area (Å²) in [5.74, 6) is 1.85. The Bertz CT molecular complexity index is 3250. The molecule has 0 radical (unpaired) electrons. The van der Waals surface area contributed by atoms with Gasteiger partial charge >= 0.3 is 0 Å². The second-order valence-electron chi connectivity index (χ2n) is 14.8. The van der Waals surface area contributed by atoms with Crippen LogP contribution in [-0.4, -0.2) is 19.5 Å². The second-order valence-corrected chi connectivity index (χ2v) is 14.8. The molecule has 0 fully saturated rings. The van der Waals surface area contributed by atoms with Gasteiger partial charge in [-0.05, 0) is 62.9 Å². The zero-order chi connectivity index (χ0) is 39.1. The van der Waals surface area contributed by atoms with Gasteiger partial charge < -0.3 is 4.57 Å². The van der Waals surface area contributed by atoms with Gasteiger partial charge in [0.05, 0.1) is 16.7 Å². The van der Waals surface area contributed by atoms with Crippen molar-refractivity contribution in [2.24, 2.45) is 0 Å². The Morgan fingerprint density at radius 2 is 0.695 bits per heavy atom. The highest BCUT2D eigenvalue weighted by Crippen LogP contribution is 2.43. The van der Waals surface area contributed by atoms with Crippen molar-refractivity contribution in [2.45, 2.75) is 0 Å². The van der Waals surface area contributed by atoms with Gasteiger partial charge in [0.15, 0.2) is 17.5 Å². The van der Waals surface area contributed by atoms with Crippen molar-refractivity contribution < 1.29 is 0 Å². The molecular weight excluding hydrogens is 717 g/mol. The molecule has 0 N–H and O–H groups in total. The highest BCUT2D eigenvalue weighted by molar-refractivity contribution is 6.13. The molecule has 0 bridgehead atoms. The Morgan fingerprint density at radius 1 is 0.271 bits per heavy atom. The molecule has 4 heteroatoms. The smallest absolute Gasteiger partial charge is 0.164 e. The van der Waals surface area contributed by atoms with E-state index in [4.69, 9.17) is 15.0 Å². The lowest BCUT2D eigenvalue weighted by molar-refractivity contribution is 1.07. The summed E-state index contributed by atoms with van der Waals surface area (Å²) in [5, 5.41) is 4.61. The van der Waals surface area contributed by atoms with Gasteiger partial charge in [-0.25, -0.2) is 15.0 Å². The average molecular weight is 753 g/mol. The van der Waals surface area contributed by atoms with Crippen molar-refractivity contribution in [1.29, 1.82) is 0 Å². The van der Waals surface area contributed by atoms with Crippen LogP contribution in [0.5, 0.6) is 0 Å². The van der Waals surface area contributed by atoms with Crippen LogP contribution in [-0.2, 0) is 0 Å². The lowest BCUT2D eigenvalue weighted by atomic mass is 9.92. The summed E-state index contributed by atoms with van der Waals surface area (Å²) in [7, 11) is 0.